The van der Waals surface area contributed by atoms with Crippen LogP contribution in [0.4, 0.5) is 4.39 Å². The molecule has 0 atom stereocenters. The van der Waals surface area contributed by atoms with Crippen molar-refractivity contribution in [1.29, 1.82) is 0 Å². The minimum atomic E-state index is -1.22. The van der Waals surface area contributed by atoms with Gasteiger partial charge in [-0.15, -0.1) is 5.10 Å². The molecule has 1 heterocycles. The van der Waals surface area contributed by atoms with Crippen molar-refractivity contribution < 1.29 is 14.3 Å². The van der Waals surface area contributed by atoms with Gasteiger partial charge in [0.15, 0.2) is 5.82 Å². The van der Waals surface area contributed by atoms with E-state index in [2.05, 4.69) is 10.1 Å². The highest BCUT2D eigenvalue weighted by atomic mass is 19.1. The van der Waals surface area contributed by atoms with E-state index in [4.69, 9.17) is 5.11 Å². The van der Waals surface area contributed by atoms with Crippen LogP contribution in [0.25, 0.3) is 5.69 Å². The Morgan fingerprint density at radius 3 is 2.84 bits per heavy atom. The molecule has 0 bridgehead atoms. The Morgan fingerprint density at radius 1 is 1.47 bits per heavy atom. The maximum atomic E-state index is 14.1. The number of aromatic nitrogens is 3. The molecule has 2 rings (SSSR count). The van der Waals surface area contributed by atoms with Gasteiger partial charge in [-0.1, -0.05) is 19.1 Å². The Balaban J connectivity index is 2.59. The average Bonchev–Trinajstić information content (AvgIpc) is 2.77. The van der Waals surface area contributed by atoms with Crippen LogP contribution < -0.4 is 0 Å². The molecule has 100 valence electrons. The Labute approximate surface area is 109 Å². The zero-order valence-electron chi connectivity index (χ0n) is 10.7. The van der Waals surface area contributed by atoms with Crippen molar-refractivity contribution in [3.8, 4) is 5.69 Å². The number of carboxylic acids is 1. The zero-order chi connectivity index (χ0) is 14.0. The number of aryl methyl sites for hydroxylation is 2. The van der Waals surface area contributed by atoms with E-state index in [-0.39, 0.29) is 11.5 Å². The second kappa shape index (κ2) is 5.17. The lowest BCUT2D eigenvalue weighted by Gasteiger charge is -2.07. The van der Waals surface area contributed by atoms with E-state index in [0.29, 0.717) is 17.8 Å². The smallest absolute Gasteiger partial charge is 0.375 e. The van der Waals surface area contributed by atoms with E-state index in [1.165, 1.54) is 4.68 Å². The number of halogens is 1. The average molecular weight is 263 g/mol. The number of carbonyl (C=O) groups is 1. The standard InChI is InChI=1S/C13H14FN3O2/c1-3-5-10-15-12(13(18)19)16-17(10)9-7-4-6-8(2)11(9)14/h4,6-7H,3,5H2,1-2H3,(H,18,19). The van der Waals surface area contributed by atoms with Crippen molar-refractivity contribution in [2.75, 3.05) is 0 Å². The van der Waals surface area contributed by atoms with Gasteiger partial charge in [0.2, 0.25) is 0 Å². The van der Waals surface area contributed by atoms with Gasteiger partial charge in [0, 0.05) is 6.42 Å². The monoisotopic (exact) mass is 263 g/mol. The highest BCUT2D eigenvalue weighted by molar-refractivity contribution is 5.83. The minimum Gasteiger partial charge on any atom is -0.475 e. The van der Waals surface area contributed by atoms with E-state index in [1.807, 2.05) is 6.92 Å². The summed E-state index contributed by atoms with van der Waals surface area (Å²) in [5, 5.41) is 12.8. The molecule has 1 aromatic carbocycles. The molecule has 0 fully saturated rings. The first-order chi connectivity index (χ1) is 9.04. The second-order valence-corrected chi connectivity index (χ2v) is 4.23. The summed E-state index contributed by atoms with van der Waals surface area (Å²) in [6, 6.07) is 4.90. The molecule has 1 aromatic heterocycles. The predicted octanol–water partition coefficient (Wildman–Crippen LogP) is 2.37. The van der Waals surface area contributed by atoms with Crippen LogP contribution in [0.2, 0.25) is 0 Å². The number of aromatic carboxylic acids is 1. The number of carboxylic acid groups (broad SMARTS) is 1. The lowest BCUT2D eigenvalue weighted by atomic mass is 10.2. The molecule has 19 heavy (non-hydrogen) atoms. The van der Waals surface area contributed by atoms with Crippen molar-refractivity contribution in [3.63, 3.8) is 0 Å². The highest BCUT2D eigenvalue weighted by Gasteiger charge is 2.18. The van der Waals surface area contributed by atoms with Crippen molar-refractivity contribution in [3.05, 3.63) is 41.2 Å². The van der Waals surface area contributed by atoms with Crippen LogP contribution in [0.15, 0.2) is 18.2 Å². The molecule has 1 N–H and O–H groups in total. The second-order valence-electron chi connectivity index (χ2n) is 4.23. The summed E-state index contributed by atoms with van der Waals surface area (Å²) in [5.74, 6) is -1.50. The Morgan fingerprint density at radius 2 is 2.21 bits per heavy atom. The molecule has 0 aliphatic rings. The molecule has 0 aliphatic heterocycles. The van der Waals surface area contributed by atoms with Gasteiger partial charge in [-0.05, 0) is 25.0 Å². The van der Waals surface area contributed by atoms with Gasteiger partial charge in [-0.25, -0.2) is 18.9 Å². The molecule has 0 radical (unpaired) electrons. The molecule has 0 aliphatic carbocycles. The van der Waals surface area contributed by atoms with Gasteiger partial charge in [0.05, 0.1) is 0 Å². The lowest BCUT2D eigenvalue weighted by Crippen LogP contribution is -2.06. The topological polar surface area (TPSA) is 68.0 Å². The first kappa shape index (κ1) is 13.2. The molecule has 0 saturated heterocycles. The molecule has 0 unspecified atom stereocenters. The Hall–Kier alpha value is -2.24. The third-order valence-electron chi connectivity index (χ3n) is 2.74. The van der Waals surface area contributed by atoms with E-state index in [9.17, 15) is 9.18 Å². The Kier molecular flexibility index (Phi) is 3.59. The molecule has 0 saturated carbocycles. The maximum absolute atomic E-state index is 14.1. The van der Waals surface area contributed by atoms with Gasteiger partial charge < -0.3 is 5.11 Å². The summed E-state index contributed by atoms with van der Waals surface area (Å²) >= 11 is 0. The van der Waals surface area contributed by atoms with Gasteiger partial charge in [-0.2, -0.15) is 0 Å². The van der Waals surface area contributed by atoms with Crippen LogP contribution in [0.3, 0.4) is 0 Å². The van der Waals surface area contributed by atoms with Crippen molar-refractivity contribution in [1.82, 2.24) is 14.8 Å². The first-order valence-corrected chi connectivity index (χ1v) is 5.99. The number of benzene rings is 1. The third-order valence-corrected chi connectivity index (χ3v) is 2.74. The lowest BCUT2D eigenvalue weighted by molar-refractivity contribution is 0.0683. The fraction of sp³-hybridized carbons (Fsp3) is 0.308. The summed E-state index contributed by atoms with van der Waals surface area (Å²) in [7, 11) is 0. The molecule has 5 nitrogen and oxygen atoms in total. The van der Waals surface area contributed by atoms with Gasteiger partial charge in [0.25, 0.3) is 5.82 Å². The summed E-state index contributed by atoms with van der Waals surface area (Å²) in [5.41, 5.74) is 0.704. The van der Waals surface area contributed by atoms with Crippen molar-refractivity contribution >= 4 is 5.97 Å². The molecular weight excluding hydrogens is 249 g/mol. The summed E-state index contributed by atoms with van der Waals surface area (Å²) in [4.78, 5) is 14.9. The molecule has 0 spiro atoms. The molecule has 2 aromatic rings. The molecular formula is C13H14FN3O2. The number of rotatable bonds is 4. The largest absolute Gasteiger partial charge is 0.475 e. The summed E-state index contributed by atoms with van der Waals surface area (Å²) in [6.07, 6.45) is 1.30. The third kappa shape index (κ3) is 2.47. The first-order valence-electron chi connectivity index (χ1n) is 5.99. The van der Waals surface area contributed by atoms with Crippen LogP contribution >= 0.6 is 0 Å². The molecule has 6 heteroatoms. The van der Waals surface area contributed by atoms with Gasteiger partial charge in [-0.3, -0.25) is 0 Å². The van der Waals surface area contributed by atoms with Crippen LogP contribution in [0, 0.1) is 12.7 Å². The van der Waals surface area contributed by atoms with E-state index in [0.717, 1.165) is 6.42 Å². The number of nitrogens with zero attached hydrogens (tertiary/aromatic N) is 3. The van der Waals surface area contributed by atoms with Crippen LogP contribution in [0.1, 0.15) is 35.4 Å². The van der Waals surface area contributed by atoms with Gasteiger partial charge >= 0.3 is 5.97 Å². The minimum absolute atomic E-state index is 0.225. The maximum Gasteiger partial charge on any atom is 0.375 e. The van der Waals surface area contributed by atoms with E-state index in [1.54, 1.807) is 25.1 Å². The highest BCUT2D eigenvalue weighted by Crippen LogP contribution is 2.18. The normalized spacial score (nSPS) is 10.7. The van der Waals surface area contributed by atoms with Crippen molar-refractivity contribution in [2.45, 2.75) is 26.7 Å². The van der Waals surface area contributed by atoms with Crippen LogP contribution in [0.5, 0.6) is 0 Å². The number of hydrogen-bond donors (Lipinski definition) is 1. The number of hydrogen-bond acceptors (Lipinski definition) is 3. The fourth-order valence-corrected chi connectivity index (χ4v) is 1.81. The quantitative estimate of drug-likeness (QED) is 0.919. The molecule has 0 amide bonds. The SMILES string of the molecule is CCCc1nc(C(=O)O)nn1-c1cccc(C)c1F. The summed E-state index contributed by atoms with van der Waals surface area (Å²) in [6.45, 7) is 3.58. The predicted molar refractivity (Wildman–Crippen MR) is 67.0 cm³/mol. The van der Waals surface area contributed by atoms with Crippen molar-refractivity contribution in [2.24, 2.45) is 0 Å². The Bertz CT molecular complexity index is 622. The zero-order valence-corrected chi connectivity index (χ0v) is 10.7. The van der Waals surface area contributed by atoms with Crippen LogP contribution in [-0.2, 0) is 6.42 Å². The van der Waals surface area contributed by atoms with E-state index < -0.39 is 11.8 Å². The van der Waals surface area contributed by atoms with Gasteiger partial charge in [0.1, 0.15) is 11.5 Å². The summed E-state index contributed by atoms with van der Waals surface area (Å²) < 4.78 is 15.4. The van der Waals surface area contributed by atoms with E-state index >= 15 is 0 Å². The fourth-order valence-electron chi connectivity index (χ4n) is 1.81. The van der Waals surface area contributed by atoms with Crippen LogP contribution in [-0.4, -0.2) is 25.8 Å².